The quantitative estimate of drug-likeness (QED) is 0.584. The van der Waals surface area contributed by atoms with Crippen LogP contribution in [0.25, 0.3) is 0 Å². The van der Waals surface area contributed by atoms with Crippen LogP contribution in [0.3, 0.4) is 0 Å². The summed E-state index contributed by atoms with van der Waals surface area (Å²) in [4.78, 5) is 0. The minimum atomic E-state index is 0.669. The van der Waals surface area contributed by atoms with Crippen molar-refractivity contribution in [3.05, 3.63) is 0 Å². The van der Waals surface area contributed by atoms with Gasteiger partial charge in [0.1, 0.15) is 0 Å². The van der Waals surface area contributed by atoms with Gasteiger partial charge in [0.05, 0.1) is 6.61 Å². The van der Waals surface area contributed by atoms with Gasteiger partial charge in [0.25, 0.3) is 0 Å². The third-order valence-electron chi connectivity index (χ3n) is 3.14. The van der Waals surface area contributed by atoms with Crippen LogP contribution in [0.2, 0.25) is 0 Å². The average Bonchev–Trinajstić information content (AvgIpc) is 3.01. The van der Waals surface area contributed by atoms with Crippen molar-refractivity contribution in [3.8, 4) is 0 Å². The molecule has 2 nitrogen and oxygen atoms in total. The fourth-order valence-electron chi connectivity index (χ4n) is 1.91. The van der Waals surface area contributed by atoms with Crippen LogP contribution >= 0.6 is 11.8 Å². The van der Waals surface area contributed by atoms with E-state index in [1.54, 1.807) is 7.11 Å². The fourth-order valence-corrected chi connectivity index (χ4v) is 2.55. The first-order valence-electron chi connectivity index (χ1n) is 6.10. The van der Waals surface area contributed by atoms with E-state index in [-0.39, 0.29) is 0 Å². The smallest absolute Gasteiger partial charge is 0.0587 e. The molecule has 15 heavy (non-hydrogen) atoms. The van der Waals surface area contributed by atoms with E-state index in [4.69, 9.17) is 4.74 Å². The molecular weight excluding hydrogens is 206 g/mol. The third-order valence-corrected chi connectivity index (χ3v) is 4.13. The van der Waals surface area contributed by atoms with Crippen molar-refractivity contribution in [2.24, 2.45) is 5.41 Å². The summed E-state index contributed by atoms with van der Waals surface area (Å²) in [6.07, 6.45) is 5.68. The van der Waals surface area contributed by atoms with E-state index in [1.165, 1.54) is 43.7 Å². The molecule has 0 spiro atoms. The molecule has 1 saturated carbocycles. The highest BCUT2D eigenvalue weighted by molar-refractivity contribution is 7.99. The van der Waals surface area contributed by atoms with Crippen LogP contribution in [0.15, 0.2) is 0 Å². The molecule has 0 radical (unpaired) electrons. The molecular formula is C12H25NOS. The Morgan fingerprint density at radius 1 is 1.40 bits per heavy atom. The maximum atomic E-state index is 5.02. The summed E-state index contributed by atoms with van der Waals surface area (Å²) >= 11 is 2.07. The van der Waals surface area contributed by atoms with Crippen LogP contribution in [-0.2, 0) is 4.74 Å². The monoisotopic (exact) mass is 231 g/mol. The minimum Gasteiger partial charge on any atom is -0.383 e. The highest BCUT2D eigenvalue weighted by Crippen LogP contribution is 2.49. The van der Waals surface area contributed by atoms with Crippen molar-refractivity contribution in [3.63, 3.8) is 0 Å². The second-order valence-electron chi connectivity index (χ2n) is 4.47. The van der Waals surface area contributed by atoms with E-state index in [0.717, 1.165) is 13.2 Å². The van der Waals surface area contributed by atoms with Crippen molar-refractivity contribution < 1.29 is 4.74 Å². The molecule has 1 aliphatic rings. The molecule has 1 fully saturated rings. The average molecular weight is 231 g/mol. The Balaban J connectivity index is 1.96. The first-order chi connectivity index (χ1) is 7.33. The summed E-state index contributed by atoms with van der Waals surface area (Å²) in [6, 6.07) is 0. The van der Waals surface area contributed by atoms with Crippen LogP contribution in [0.5, 0.6) is 0 Å². The molecule has 0 saturated heterocycles. The summed E-state index contributed by atoms with van der Waals surface area (Å²) in [5.41, 5.74) is 0.669. The molecule has 1 N–H and O–H groups in total. The van der Waals surface area contributed by atoms with Crippen molar-refractivity contribution in [1.29, 1.82) is 0 Å². The topological polar surface area (TPSA) is 21.3 Å². The molecule has 1 rings (SSSR count). The zero-order chi connectivity index (χ0) is 11.0. The molecule has 1 aliphatic carbocycles. The molecule has 3 heteroatoms. The molecule has 0 aromatic carbocycles. The Morgan fingerprint density at radius 3 is 2.80 bits per heavy atom. The largest absolute Gasteiger partial charge is 0.383 e. The van der Waals surface area contributed by atoms with Gasteiger partial charge in [-0.05, 0) is 42.6 Å². The van der Waals surface area contributed by atoms with Gasteiger partial charge < -0.3 is 10.1 Å². The summed E-state index contributed by atoms with van der Waals surface area (Å²) < 4.78 is 5.02. The molecule has 0 aromatic heterocycles. The summed E-state index contributed by atoms with van der Waals surface area (Å²) in [7, 11) is 1.76. The van der Waals surface area contributed by atoms with Gasteiger partial charge in [-0.1, -0.05) is 6.92 Å². The van der Waals surface area contributed by atoms with Crippen molar-refractivity contribution in [2.75, 3.05) is 38.3 Å². The minimum absolute atomic E-state index is 0.669. The van der Waals surface area contributed by atoms with Gasteiger partial charge in [-0.2, -0.15) is 11.8 Å². The summed E-state index contributed by atoms with van der Waals surface area (Å²) in [5.74, 6) is 2.61. The number of hydrogen-bond donors (Lipinski definition) is 1. The second-order valence-corrected chi connectivity index (χ2v) is 5.86. The molecule has 0 unspecified atom stereocenters. The normalized spacial score (nSPS) is 18.0. The Kier molecular flexibility index (Phi) is 6.69. The van der Waals surface area contributed by atoms with E-state index < -0.39 is 0 Å². The molecule has 0 amide bonds. The number of ether oxygens (including phenoxy) is 1. The van der Waals surface area contributed by atoms with Crippen molar-refractivity contribution in [1.82, 2.24) is 5.32 Å². The number of nitrogens with one attached hydrogen (secondary N) is 1. The Labute approximate surface area is 98.5 Å². The lowest BCUT2D eigenvalue weighted by molar-refractivity contribution is 0.196. The molecule has 0 heterocycles. The highest BCUT2D eigenvalue weighted by atomic mass is 32.2. The summed E-state index contributed by atoms with van der Waals surface area (Å²) in [6.45, 7) is 5.28. The van der Waals surface area contributed by atoms with Crippen LogP contribution in [-0.4, -0.2) is 38.3 Å². The first-order valence-corrected chi connectivity index (χ1v) is 7.26. The molecule has 90 valence electrons. The Bertz CT molecular complexity index is 146. The van der Waals surface area contributed by atoms with Gasteiger partial charge in [0.2, 0.25) is 0 Å². The van der Waals surface area contributed by atoms with Gasteiger partial charge in [0.15, 0.2) is 0 Å². The Hall–Kier alpha value is 0.270. The molecule has 0 aliphatic heterocycles. The number of hydrogen-bond acceptors (Lipinski definition) is 3. The van der Waals surface area contributed by atoms with E-state index in [1.807, 2.05) is 0 Å². The number of rotatable bonds is 10. The lowest BCUT2D eigenvalue weighted by atomic mass is 10.0. The zero-order valence-electron chi connectivity index (χ0n) is 10.2. The number of thioether (sulfide) groups is 1. The van der Waals surface area contributed by atoms with Gasteiger partial charge in [-0.3, -0.25) is 0 Å². The maximum Gasteiger partial charge on any atom is 0.0587 e. The fraction of sp³-hybridized carbons (Fsp3) is 1.00. The van der Waals surface area contributed by atoms with Gasteiger partial charge in [-0.15, -0.1) is 0 Å². The van der Waals surface area contributed by atoms with E-state index >= 15 is 0 Å². The zero-order valence-corrected chi connectivity index (χ0v) is 11.0. The Morgan fingerprint density at radius 2 is 2.20 bits per heavy atom. The maximum absolute atomic E-state index is 5.02. The van der Waals surface area contributed by atoms with E-state index in [0.29, 0.717) is 5.41 Å². The highest BCUT2D eigenvalue weighted by Gasteiger charge is 2.40. The van der Waals surface area contributed by atoms with Gasteiger partial charge in [-0.25, -0.2) is 0 Å². The van der Waals surface area contributed by atoms with Crippen LogP contribution < -0.4 is 5.32 Å². The lowest BCUT2D eigenvalue weighted by Gasteiger charge is -2.15. The van der Waals surface area contributed by atoms with Crippen LogP contribution in [0.1, 0.15) is 32.6 Å². The van der Waals surface area contributed by atoms with E-state index in [9.17, 15) is 0 Å². The first kappa shape index (κ1) is 13.3. The second kappa shape index (κ2) is 7.53. The molecule has 0 bridgehead atoms. The summed E-state index contributed by atoms with van der Waals surface area (Å²) in [5, 5.41) is 3.50. The number of methoxy groups -OCH3 is 1. The van der Waals surface area contributed by atoms with E-state index in [2.05, 4.69) is 24.0 Å². The van der Waals surface area contributed by atoms with Gasteiger partial charge >= 0.3 is 0 Å². The van der Waals surface area contributed by atoms with Crippen LogP contribution in [0, 0.1) is 5.41 Å². The SMILES string of the molecule is CCSCCCC1(CNCCOC)CC1. The van der Waals surface area contributed by atoms with Crippen molar-refractivity contribution >= 4 is 11.8 Å². The van der Waals surface area contributed by atoms with Crippen molar-refractivity contribution in [2.45, 2.75) is 32.6 Å². The molecule has 0 aromatic rings. The third kappa shape index (κ3) is 5.79. The standard InChI is InChI=1S/C12H25NOS/c1-3-15-10-4-5-12(6-7-12)11-13-8-9-14-2/h13H,3-11H2,1-2H3. The van der Waals surface area contributed by atoms with Gasteiger partial charge in [0, 0.05) is 20.2 Å². The predicted molar refractivity (Wildman–Crippen MR) is 68.6 cm³/mol. The lowest BCUT2D eigenvalue weighted by Crippen LogP contribution is -2.27. The van der Waals surface area contributed by atoms with Crippen LogP contribution in [0.4, 0.5) is 0 Å². The molecule has 0 atom stereocenters. The predicted octanol–water partition coefficient (Wildman–Crippen LogP) is 2.54.